The summed E-state index contributed by atoms with van der Waals surface area (Å²) in [6.45, 7) is 0. The fourth-order valence-electron chi connectivity index (χ4n) is 6.56. The minimum atomic E-state index is 0.912. The molecule has 0 N–H and O–H groups in total. The summed E-state index contributed by atoms with van der Waals surface area (Å²) < 4.78 is 11.2. The van der Waals surface area contributed by atoms with Crippen LogP contribution >= 0.6 is 0 Å². The van der Waals surface area contributed by atoms with Crippen LogP contribution in [0.25, 0.3) is 76.9 Å². The molecular formula is C36H22N2O. The van der Waals surface area contributed by atoms with Crippen LogP contribution in [0.5, 0.6) is 0 Å². The molecule has 9 aromatic rings. The van der Waals surface area contributed by atoms with Gasteiger partial charge in [-0.3, -0.25) is 0 Å². The van der Waals surface area contributed by atoms with E-state index >= 15 is 0 Å². The third kappa shape index (κ3) is 2.71. The number of aromatic nitrogens is 2. The van der Waals surface area contributed by atoms with Crippen LogP contribution in [-0.2, 0) is 0 Å². The predicted octanol–water partition coefficient (Wildman–Crippen LogP) is 9.78. The van der Waals surface area contributed by atoms with Crippen molar-refractivity contribution in [2.45, 2.75) is 0 Å². The average molecular weight is 499 g/mol. The van der Waals surface area contributed by atoms with Crippen LogP contribution in [0.1, 0.15) is 0 Å². The molecule has 3 heteroatoms. The van der Waals surface area contributed by atoms with Gasteiger partial charge in [-0.15, -0.1) is 0 Å². The normalized spacial score (nSPS) is 12.1. The van der Waals surface area contributed by atoms with Gasteiger partial charge in [0.15, 0.2) is 0 Å². The molecule has 0 unspecified atom stereocenters. The van der Waals surface area contributed by atoms with Gasteiger partial charge in [0, 0.05) is 43.7 Å². The number of nitrogens with zero attached hydrogens (tertiary/aromatic N) is 2. The van der Waals surface area contributed by atoms with Crippen LogP contribution < -0.4 is 0 Å². The van der Waals surface area contributed by atoms with Gasteiger partial charge < -0.3 is 13.6 Å². The molecule has 3 heterocycles. The largest absolute Gasteiger partial charge is 0.456 e. The number of benzene rings is 6. The van der Waals surface area contributed by atoms with Crippen LogP contribution in [0.2, 0.25) is 0 Å². The van der Waals surface area contributed by atoms with Crippen molar-refractivity contribution in [3.8, 4) is 11.4 Å². The Morgan fingerprint density at radius 2 is 0.974 bits per heavy atom. The highest BCUT2D eigenvalue weighted by atomic mass is 16.3. The maximum Gasteiger partial charge on any atom is 0.136 e. The molecular weight excluding hydrogens is 476 g/mol. The molecule has 0 bridgehead atoms. The van der Waals surface area contributed by atoms with Crippen molar-refractivity contribution in [1.82, 2.24) is 9.13 Å². The Bertz CT molecular complexity index is 2370. The van der Waals surface area contributed by atoms with Crippen molar-refractivity contribution in [3.63, 3.8) is 0 Å². The molecule has 0 aliphatic heterocycles. The second-order valence-corrected chi connectivity index (χ2v) is 10.1. The van der Waals surface area contributed by atoms with Crippen molar-refractivity contribution in [3.05, 3.63) is 133 Å². The van der Waals surface area contributed by atoms with Gasteiger partial charge in [-0.2, -0.15) is 0 Å². The third-order valence-corrected chi connectivity index (χ3v) is 8.10. The molecule has 0 saturated carbocycles. The lowest BCUT2D eigenvalue weighted by molar-refractivity contribution is 0.669. The molecule has 6 aromatic carbocycles. The number of hydrogen-bond acceptors (Lipinski definition) is 1. The van der Waals surface area contributed by atoms with Gasteiger partial charge in [0.1, 0.15) is 11.2 Å². The van der Waals surface area contributed by atoms with Gasteiger partial charge in [-0.25, -0.2) is 0 Å². The summed E-state index contributed by atoms with van der Waals surface area (Å²) in [4.78, 5) is 0. The second kappa shape index (κ2) is 7.62. The highest BCUT2D eigenvalue weighted by molar-refractivity contribution is 6.34. The van der Waals surface area contributed by atoms with Crippen LogP contribution in [0.4, 0.5) is 0 Å². The van der Waals surface area contributed by atoms with Crippen LogP contribution in [0.15, 0.2) is 138 Å². The Morgan fingerprint density at radius 3 is 1.77 bits per heavy atom. The highest BCUT2D eigenvalue weighted by Gasteiger charge is 2.23. The Hall–Kier alpha value is -5.28. The van der Waals surface area contributed by atoms with E-state index in [-0.39, 0.29) is 0 Å². The summed E-state index contributed by atoms with van der Waals surface area (Å²) in [6.07, 6.45) is 0. The van der Waals surface area contributed by atoms with Crippen LogP contribution in [0.3, 0.4) is 0 Å². The number of para-hydroxylation sites is 4. The van der Waals surface area contributed by atoms with E-state index in [1.807, 2.05) is 6.07 Å². The molecule has 0 spiro atoms. The van der Waals surface area contributed by atoms with E-state index in [1.54, 1.807) is 0 Å². The summed E-state index contributed by atoms with van der Waals surface area (Å²) in [5.74, 6) is 0. The van der Waals surface area contributed by atoms with Gasteiger partial charge >= 0.3 is 0 Å². The van der Waals surface area contributed by atoms with E-state index in [4.69, 9.17) is 4.42 Å². The molecule has 9 rings (SSSR count). The van der Waals surface area contributed by atoms with E-state index in [2.05, 4.69) is 137 Å². The van der Waals surface area contributed by atoms with Crippen LogP contribution in [0, 0.1) is 0 Å². The first-order valence-corrected chi connectivity index (χ1v) is 13.3. The molecule has 0 radical (unpaired) electrons. The smallest absolute Gasteiger partial charge is 0.136 e. The summed E-state index contributed by atoms with van der Waals surface area (Å²) in [5.41, 5.74) is 8.90. The average Bonchev–Trinajstić information content (AvgIpc) is 3.65. The zero-order chi connectivity index (χ0) is 25.5. The van der Waals surface area contributed by atoms with Crippen molar-refractivity contribution >= 4 is 65.6 Å². The van der Waals surface area contributed by atoms with Gasteiger partial charge in [0.25, 0.3) is 0 Å². The van der Waals surface area contributed by atoms with E-state index in [9.17, 15) is 0 Å². The summed E-state index contributed by atoms with van der Waals surface area (Å²) in [7, 11) is 0. The van der Waals surface area contributed by atoms with Crippen molar-refractivity contribution in [1.29, 1.82) is 0 Å². The molecule has 0 aliphatic carbocycles. The minimum absolute atomic E-state index is 0.912. The monoisotopic (exact) mass is 498 g/mol. The third-order valence-electron chi connectivity index (χ3n) is 8.10. The van der Waals surface area contributed by atoms with E-state index in [1.165, 1.54) is 49.0 Å². The van der Waals surface area contributed by atoms with Gasteiger partial charge in [0.2, 0.25) is 0 Å². The second-order valence-electron chi connectivity index (χ2n) is 10.1. The van der Waals surface area contributed by atoms with Crippen molar-refractivity contribution in [2.24, 2.45) is 0 Å². The summed E-state index contributed by atoms with van der Waals surface area (Å²) >= 11 is 0. The zero-order valence-corrected chi connectivity index (χ0v) is 21.0. The number of fused-ring (bicyclic) bond motifs is 11. The zero-order valence-electron chi connectivity index (χ0n) is 21.0. The predicted molar refractivity (Wildman–Crippen MR) is 162 cm³/mol. The van der Waals surface area contributed by atoms with E-state index in [0.717, 1.165) is 27.9 Å². The first-order valence-electron chi connectivity index (χ1n) is 13.3. The minimum Gasteiger partial charge on any atom is -0.456 e. The van der Waals surface area contributed by atoms with Crippen molar-refractivity contribution in [2.75, 3.05) is 0 Å². The SMILES string of the molecule is c1ccc(-n2c3ccc4oc5ccccc5c4c3c3c2ccc2c4ccccc4n(-c4ccccc4)c23)cc1. The van der Waals surface area contributed by atoms with Crippen molar-refractivity contribution < 1.29 is 4.42 Å². The van der Waals surface area contributed by atoms with E-state index in [0.29, 0.717) is 0 Å². The Balaban J connectivity index is 1.63. The fraction of sp³-hybridized carbons (Fsp3) is 0. The molecule has 0 fully saturated rings. The summed E-state index contributed by atoms with van der Waals surface area (Å²) in [5, 5.41) is 7.28. The lowest BCUT2D eigenvalue weighted by atomic mass is 10.0. The van der Waals surface area contributed by atoms with Gasteiger partial charge in [0.05, 0.1) is 22.1 Å². The quantitative estimate of drug-likeness (QED) is 0.233. The fourth-order valence-corrected chi connectivity index (χ4v) is 6.56. The molecule has 0 amide bonds. The molecule has 3 nitrogen and oxygen atoms in total. The lowest BCUT2D eigenvalue weighted by Crippen LogP contribution is -1.95. The van der Waals surface area contributed by atoms with Gasteiger partial charge in [-0.1, -0.05) is 78.9 Å². The standard InChI is InChI=1S/C36H22N2O/c1-3-11-23(12-4-1)37-29-21-22-32-33(27-16-8-10-18-31(27)39-32)34(29)35-30(37)20-19-26-25-15-7-9-17-28(25)38(36(26)35)24-13-5-2-6-14-24/h1-22H. The first-order chi connectivity index (χ1) is 19.4. The molecule has 0 aliphatic rings. The Morgan fingerprint density at radius 1 is 0.359 bits per heavy atom. The molecule has 3 aromatic heterocycles. The van der Waals surface area contributed by atoms with Crippen LogP contribution in [-0.4, -0.2) is 9.13 Å². The topological polar surface area (TPSA) is 23.0 Å². The number of rotatable bonds is 2. The molecule has 182 valence electrons. The highest BCUT2D eigenvalue weighted by Crippen LogP contribution is 2.45. The molecule has 39 heavy (non-hydrogen) atoms. The first kappa shape index (κ1) is 20.7. The molecule has 0 saturated heterocycles. The Kier molecular flexibility index (Phi) is 4.05. The Labute approximate surface area is 223 Å². The maximum absolute atomic E-state index is 6.39. The summed E-state index contributed by atoms with van der Waals surface area (Å²) in [6, 6.07) is 47.4. The maximum atomic E-state index is 6.39. The lowest BCUT2D eigenvalue weighted by Gasteiger charge is -2.10. The van der Waals surface area contributed by atoms with Gasteiger partial charge in [-0.05, 0) is 54.6 Å². The number of hydrogen-bond donors (Lipinski definition) is 0. The molecule has 0 atom stereocenters. The number of furan rings is 1. The van der Waals surface area contributed by atoms with E-state index < -0.39 is 0 Å².